The molecule has 23 heavy (non-hydrogen) atoms. The van der Waals surface area contributed by atoms with Gasteiger partial charge in [0.15, 0.2) is 17.3 Å². The number of fused-ring (bicyclic) bond motifs is 1. The molecule has 2 heterocycles. The normalized spacial score (nSPS) is 12.7. The summed E-state index contributed by atoms with van der Waals surface area (Å²) in [6.45, 7) is 3.84. The van der Waals surface area contributed by atoms with E-state index in [1.54, 1.807) is 4.57 Å². The largest absolute Gasteiger partial charge is 0.327 e. The number of pyridine rings is 1. The highest BCUT2D eigenvalue weighted by Gasteiger charge is 2.20. The van der Waals surface area contributed by atoms with Crippen LogP contribution < -0.4 is 5.69 Å². The summed E-state index contributed by atoms with van der Waals surface area (Å²) in [5.74, 6) is -1.92. The lowest BCUT2D eigenvalue weighted by Gasteiger charge is -2.14. The van der Waals surface area contributed by atoms with Crippen molar-refractivity contribution in [3.05, 3.63) is 51.5 Å². The maximum absolute atomic E-state index is 13.6. The Kier molecular flexibility index (Phi) is 3.93. The van der Waals surface area contributed by atoms with E-state index >= 15 is 0 Å². The molecule has 0 aliphatic rings. The summed E-state index contributed by atoms with van der Waals surface area (Å²) in [7, 11) is 0. The Morgan fingerprint density at radius 2 is 2.09 bits per heavy atom. The van der Waals surface area contributed by atoms with Crippen LogP contribution in [0.1, 0.15) is 26.3 Å². The van der Waals surface area contributed by atoms with Crippen LogP contribution in [0.4, 0.5) is 8.78 Å². The molecule has 0 saturated heterocycles. The third kappa shape index (κ3) is 2.53. The molecule has 1 aromatic carbocycles. The van der Waals surface area contributed by atoms with E-state index in [1.165, 1.54) is 12.3 Å². The summed E-state index contributed by atoms with van der Waals surface area (Å²) in [6, 6.07) is 3.43. The van der Waals surface area contributed by atoms with Crippen LogP contribution in [0.2, 0.25) is 5.02 Å². The van der Waals surface area contributed by atoms with Gasteiger partial charge in [0.1, 0.15) is 0 Å². The molecule has 0 spiro atoms. The lowest BCUT2D eigenvalue weighted by atomic mass is 10.0. The molecule has 0 bridgehead atoms. The van der Waals surface area contributed by atoms with Gasteiger partial charge in [0.2, 0.25) is 0 Å². The van der Waals surface area contributed by atoms with Crippen LogP contribution in [-0.2, 0) is 0 Å². The molecule has 1 atom stereocenters. The first-order chi connectivity index (χ1) is 10.9. The van der Waals surface area contributed by atoms with Gasteiger partial charge in [-0.05, 0) is 31.0 Å². The van der Waals surface area contributed by atoms with E-state index < -0.39 is 11.6 Å². The Bertz CT molecular complexity index is 948. The van der Waals surface area contributed by atoms with Gasteiger partial charge in [0.05, 0.1) is 10.5 Å². The first kappa shape index (κ1) is 15.7. The predicted octanol–water partition coefficient (Wildman–Crippen LogP) is 4.29. The number of hydrogen-bond donors (Lipinski definition) is 1. The number of aromatic amines is 1. The molecular formula is C16H14ClF2N3O. The van der Waals surface area contributed by atoms with E-state index in [2.05, 4.69) is 9.97 Å². The van der Waals surface area contributed by atoms with Crippen molar-refractivity contribution in [2.45, 2.75) is 26.3 Å². The van der Waals surface area contributed by atoms with E-state index in [0.717, 1.165) is 18.6 Å². The minimum atomic E-state index is -0.975. The Hall–Kier alpha value is -2.21. The number of rotatable bonds is 3. The van der Waals surface area contributed by atoms with Gasteiger partial charge < -0.3 is 0 Å². The van der Waals surface area contributed by atoms with E-state index in [9.17, 15) is 13.6 Å². The van der Waals surface area contributed by atoms with Gasteiger partial charge >= 0.3 is 5.69 Å². The highest BCUT2D eigenvalue weighted by Crippen LogP contribution is 2.35. The minimum Gasteiger partial charge on any atom is -0.290 e. The van der Waals surface area contributed by atoms with E-state index in [-0.39, 0.29) is 16.8 Å². The van der Waals surface area contributed by atoms with Crippen molar-refractivity contribution in [1.82, 2.24) is 14.5 Å². The van der Waals surface area contributed by atoms with Gasteiger partial charge in [0, 0.05) is 17.8 Å². The fourth-order valence-electron chi connectivity index (χ4n) is 2.60. The van der Waals surface area contributed by atoms with Crippen LogP contribution in [0.5, 0.6) is 0 Å². The molecule has 0 aliphatic heterocycles. The average molecular weight is 338 g/mol. The highest BCUT2D eigenvalue weighted by atomic mass is 35.5. The zero-order valence-corrected chi connectivity index (χ0v) is 13.3. The molecule has 2 aromatic heterocycles. The van der Waals surface area contributed by atoms with Gasteiger partial charge in [-0.2, -0.15) is 0 Å². The first-order valence-corrected chi connectivity index (χ1v) is 7.56. The Morgan fingerprint density at radius 3 is 2.74 bits per heavy atom. The smallest absolute Gasteiger partial charge is 0.290 e. The maximum atomic E-state index is 13.6. The number of imidazole rings is 1. The number of halogens is 3. The topological polar surface area (TPSA) is 50.7 Å². The summed E-state index contributed by atoms with van der Waals surface area (Å²) >= 11 is 6.25. The number of aromatic nitrogens is 3. The van der Waals surface area contributed by atoms with Crippen LogP contribution in [-0.4, -0.2) is 14.5 Å². The van der Waals surface area contributed by atoms with Gasteiger partial charge in [0.25, 0.3) is 0 Å². The molecule has 0 radical (unpaired) electrons. The second-order valence-electron chi connectivity index (χ2n) is 5.36. The molecule has 3 rings (SSSR count). The summed E-state index contributed by atoms with van der Waals surface area (Å²) in [6.07, 6.45) is 2.11. The Labute approximate surface area is 135 Å². The van der Waals surface area contributed by atoms with Crippen molar-refractivity contribution in [3.63, 3.8) is 0 Å². The van der Waals surface area contributed by atoms with Crippen LogP contribution >= 0.6 is 11.6 Å². The fraction of sp³-hybridized carbons (Fsp3) is 0.250. The predicted molar refractivity (Wildman–Crippen MR) is 85.7 cm³/mol. The van der Waals surface area contributed by atoms with Crippen molar-refractivity contribution in [2.75, 3.05) is 0 Å². The van der Waals surface area contributed by atoms with Crippen LogP contribution in [0.3, 0.4) is 0 Å². The standard InChI is InChI=1S/C16H14ClF2N3O/c1-3-8(2)22-14-13(9-4-5-11(18)12(19)6-9)10(17)7-20-15(14)21-16(22)23/h4-8H,3H2,1-2H3,(H,20,21,23). The van der Waals surface area contributed by atoms with Crippen LogP contribution in [0.25, 0.3) is 22.3 Å². The molecule has 4 nitrogen and oxygen atoms in total. The molecular weight excluding hydrogens is 324 g/mol. The first-order valence-electron chi connectivity index (χ1n) is 7.18. The SMILES string of the molecule is CCC(C)n1c(=O)[nH]c2ncc(Cl)c(-c3ccc(F)c(F)c3)c21. The van der Waals surface area contributed by atoms with E-state index in [1.807, 2.05) is 13.8 Å². The van der Waals surface area contributed by atoms with E-state index in [4.69, 9.17) is 11.6 Å². The lowest BCUT2D eigenvalue weighted by molar-refractivity contribution is 0.509. The fourth-order valence-corrected chi connectivity index (χ4v) is 2.84. The summed E-state index contributed by atoms with van der Waals surface area (Å²) in [5.41, 5.74) is 1.38. The van der Waals surface area contributed by atoms with Gasteiger partial charge in [-0.25, -0.2) is 18.6 Å². The third-order valence-corrected chi connectivity index (χ3v) is 4.22. The van der Waals surface area contributed by atoms with E-state index in [0.29, 0.717) is 22.3 Å². The number of nitrogens with zero attached hydrogens (tertiary/aromatic N) is 2. The zero-order valence-electron chi connectivity index (χ0n) is 12.5. The Balaban J connectivity index is 2.41. The van der Waals surface area contributed by atoms with Crippen molar-refractivity contribution >= 4 is 22.8 Å². The van der Waals surface area contributed by atoms with Crippen molar-refractivity contribution in [1.29, 1.82) is 0 Å². The number of benzene rings is 1. The Morgan fingerprint density at radius 1 is 1.35 bits per heavy atom. The summed E-state index contributed by atoms with van der Waals surface area (Å²) in [5, 5.41) is 0.263. The maximum Gasteiger partial charge on any atom is 0.327 e. The molecule has 120 valence electrons. The quantitative estimate of drug-likeness (QED) is 0.775. The highest BCUT2D eigenvalue weighted by molar-refractivity contribution is 6.34. The summed E-state index contributed by atoms with van der Waals surface area (Å²) in [4.78, 5) is 19.0. The second kappa shape index (κ2) is 5.77. The molecule has 7 heteroatoms. The molecule has 0 aliphatic carbocycles. The van der Waals surface area contributed by atoms with Crippen molar-refractivity contribution in [2.24, 2.45) is 0 Å². The van der Waals surface area contributed by atoms with Crippen molar-refractivity contribution in [3.8, 4) is 11.1 Å². The van der Waals surface area contributed by atoms with Gasteiger partial charge in [-0.15, -0.1) is 0 Å². The number of nitrogens with one attached hydrogen (secondary N) is 1. The average Bonchev–Trinajstić information content (AvgIpc) is 2.85. The lowest BCUT2D eigenvalue weighted by Crippen LogP contribution is -2.20. The van der Waals surface area contributed by atoms with Gasteiger partial charge in [-0.3, -0.25) is 9.55 Å². The molecule has 3 aromatic rings. The van der Waals surface area contributed by atoms with Crippen LogP contribution in [0.15, 0.2) is 29.2 Å². The monoisotopic (exact) mass is 337 g/mol. The van der Waals surface area contributed by atoms with Crippen molar-refractivity contribution < 1.29 is 8.78 Å². The second-order valence-corrected chi connectivity index (χ2v) is 5.77. The number of H-pyrrole nitrogens is 1. The molecule has 0 fully saturated rings. The molecule has 1 unspecified atom stereocenters. The third-order valence-electron chi connectivity index (χ3n) is 3.93. The molecule has 0 saturated carbocycles. The zero-order chi connectivity index (χ0) is 16.7. The number of hydrogen-bond acceptors (Lipinski definition) is 2. The molecule has 0 amide bonds. The van der Waals surface area contributed by atoms with Crippen LogP contribution in [0, 0.1) is 11.6 Å². The van der Waals surface area contributed by atoms with Gasteiger partial charge in [-0.1, -0.05) is 24.6 Å². The minimum absolute atomic E-state index is 0.0967. The summed E-state index contributed by atoms with van der Waals surface area (Å²) < 4.78 is 28.4. The molecule has 1 N–H and O–H groups in total.